The van der Waals surface area contributed by atoms with E-state index in [9.17, 15) is 5.11 Å². The van der Waals surface area contributed by atoms with Crippen molar-refractivity contribution >= 4 is 0 Å². The Balaban J connectivity index is 2.58. The topological polar surface area (TPSA) is 46.2 Å². The minimum Gasteiger partial charge on any atom is -0.390 e. The fourth-order valence-corrected chi connectivity index (χ4v) is 2.44. The highest BCUT2D eigenvalue weighted by Gasteiger charge is 2.40. The minimum atomic E-state index is -0.442. The summed E-state index contributed by atoms with van der Waals surface area (Å²) in [5.74, 6) is 0.984. The summed E-state index contributed by atoms with van der Waals surface area (Å²) in [6, 6.07) is 0. The molecule has 12 heavy (non-hydrogen) atoms. The van der Waals surface area contributed by atoms with E-state index in [0.29, 0.717) is 18.4 Å². The Labute approximate surface area is 75.2 Å². The van der Waals surface area contributed by atoms with Crippen LogP contribution in [0.2, 0.25) is 0 Å². The number of rotatable bonds is 3. The number of nitrogens with two attached hydrogens (primary N) is 1. The van der Waals surface area contributed by atoms with Crippen molar-refractivity contribution < 1.29 is 5.11 Å². The third kappa shape index (κ3) is 1.80. The molecule has 72 valence electrons. The molecule has 0 aromatic carbocycles. The van der Waals surface area contributed by atoms with E-state index >= 15 is 0 Å². The van der Waals surface area contributed by atoms with Crippen molar-refractivity contribution in [2.75, 3.05) is 6.54 Å². The molecule has 0 amide bonds. The molecule has 2 heteroatoms. The molecule has 0 aromatic rings. The fraction of sp³-hybridized carbons (Fsp3) is 1.00. The highest BCUT2D eigenvalue weighted by Crippen LogP contribution is 2.40. The lowest BCUT2D eigenvalue weighted by atomic mass is 9.83. The molecule has 1 rings (SSSR count). The molecule has 0 radical (unpaired) electrons. The maximum Gasteiger partial charge on any atom is 0.0690 e. The molecule has 3 N–H and O–H groups in total. The molecule has 0 aliphatic heterocycles. The van der Waals surface area contributed by atoms with Gasteiger partial charge >= 0.3 is 0 Å². The predicted octanol–water partition coefficient (Wildman–Crippen LogP) is 1.52. The van der Waals surface area contributed by atoms with Crippen LogP contribution >= 0.6 is 0 Å². The molecule has 1 fully saturated rings. The van der Waals surface area contributed by atoms with Gasteiger partial charge in [0.25, 0.3) is 0 Å². The average molecular weight is 171 g/mol. The predicted molar refractivity (Wildman–Crippen MR) is 50.8 cm³/mol. The van der Waals surface area contributed by atoms with Gasteiger partial charge in [0.1, 0.15) is 0 Å². The molecule has 0 bridgehead atoms. The van der Waals surface area contributed by atoms with Crippen molar-refractivity contribution in [3.63, 3.8) is 0 Å². The average Bonchev–Trinajstić information content (AvgIpc) is 2.34. The summed E-state index contributed by atoms with van der Waals surface area (Å²) < 4.78 is 0. The molecule has 1 saturated carbocycles. The number of hydrogen-bond donors (Lipinski definition) is 2. The maximum absolute atomic E-state index is 10.2. The molecular formula is C10H21NO. The van der Waals surface area contributed by atoms with Crippen LogP contribution in [-0.4, -0.2) is 17.3 Å². The molecule has 0 spiro atoms. The van der Waals surface area contributed by atoms with Gasteiger partial charge in [-0.25, -0.2) is 0 Å². The summed E-state index contributed by atoms with van der Waals surface area (Å²) in [6.07, 6.45) is 4.05. The second-order valence-corrected chi connectivity index (χ2v) is 4.29. The molecule has 1 aliphatic carbocycles. The zero-order valence-corrected chi connectivity index (χ0v) is 8.21. The van der Waals surface area contributed by atoms with E-state index in [1.54, 1.807) is 0 Å². The van der Waals surface area contributed by atoms with Crippen LogP contribution in [-0.2, 0) is 0 Å². The van der Waals surface area contributed by atoms with Crippen LogP contribution in [0.15, 0.2) is 0 Å². The molecular weight excluding hydrogens is 150 g/mol. The van der Waals surface area contributed by atoms with Gasteiger partial charge in [-0.2, -0.15) is 0 Å². The lowest BCUT2D eigenvalue weighted by molar-refractivity contribution is -0.0133. The van der Waals surface area contributed by atoms with Crippen LogP contribution < -0.4 is 5.73 Å². The van der Waals surface area contributed by atoms with Gasteiger partial charge in [-0.15, -0.1) is 0 Å². The van der Waals surface area contributed by atoms with Crippen LogP contribution in [0.1, 0.15) is 39.5 Å². The van der Waals surface area contributed by atoms with E-state index in [1.165, 1.54) is 0 Å². The summed E-state index contributed by atoms with van der Waals surface area (Å²) in [5.41, 5.74) is 5.19. The molecule has 0 heterocycles. The summed E-state index contributed by atoms with van der Waals surface area (Å²) >= 11 is 0. The van der Waals surface area contributed by atoms with Gasteiger partial charge in [-0.1, -0.05) is 13.8 Å². The van der Waals surface area contributed by atoms with Gasteiger partial charge in [0.2, 0.25) is 0 Å². The van der Waals surface area contributed by atoms with Crippen LogP contribution in [0.25, 0.3) is 0 Å². The molecule has 0 aromatic heterocycles. The minimum absolute atomic E-state index is 0.308. The maximum atomic E-state index is 10.2. The smallest absolute Gasteiger partial charge is 0.0690 e. The monoisotopic (exact) mass is 171 g/mol. The summed E-state index contributed by atoms with van der Waals surface area (Å²) in [5, 5.41) is 10.2. The quantitative estimate of drug-likeness (QED) is 0.676. The third-order valence-corrected chi connectivity index (χ3v) is 3.31. The van der Waals surface area contributed by atoms with E-state index < -0.39 is 5.60 Å². The zero-order chi connectivity index (χ0) is 9.19. The second kappa shape index (κ2) is 3.75. The first kappa shape index (κ1) is 10.0. The molecule has 0 saturated heterocycles. The van der Waals surface area contributed by atoms with Gasteiger partial charge < -0.3 is 10.8 Å². The lowest BCUT2D eigenvalue weighted by Gasteiger charge is -2.31. The number of hydrogen-bond acceptors (Lipinski definition) is 2. The van der Waals surface area contributed by atoms with Crippen LogP contribution in [0, 0.1) is 11.8 Å². The SMILES string of the molecule is CCC(CN)C1(O)CCC(C)C1. The summed E-state index contributed by atoms with van der Waals surface area (Å²) in [6.45, 7) is 4.94. The van der Waals surface area contributed by atoms with E-state index in [1.807, 2.05) is 0 Å². The Kier molecular flexibility index (Phi) is 3.13. The number of aliphatic hydroxyl groups is 1. The first-order valence-corrected chi connectivity index (χ1v) is 5.05. The van der Waals surface area contributed by atoms with Gasteiger partial charge in [-0.3, -0.25) is 0 Å². The van der Waals surface area contributed by atoms with Gasteiger partial charge in [0, 0.05) is 0 Å². The van der Waals surface area contributed by atoms with Gasteiger partial charge in [0.15, 0.2) is 0 Å². The summed E-state index contributed by atoms with van der Waals surface area (Å²) in [7, 11) is 0. The molecule has 3 atom stereocenters. The van der Waals surface area contributed by atoms with Crippen molar-refractivity contribution in [2.24, 2.45) is 17.6 Å². The van der Waals surface area contributed by atoms with E-state index in [4.69, 9.17) is 5.73 Å². The standard InChI is InChI=1S/C10H21NO/c1-3-9(7-11)10(12)5-4-8(2)6-10/h8-9,12H,3-7,11H2,1-2H3. The van der Waals surface area contributed by atoms with Crippen LogP contribution in [0.5, 0.6) is 0 Å². The third-order valence-electron chi connectivity index (χ3n) is 3.31. The van der Waals surface area contributed by atoms with Gasteiger partial charge in [0.05, 0.1) is 5.60 Å². The molecule has 3 unspecified atom stereocenters. The highest BCUT2D eigenvalue weighted by atomic mass is 16.3. The van der Waals surface area contributed by atoms with E-state index in [0.717, 1.165) is 25.7 Å². The molecule has 2 nitrogen and oxygen atoms in total. The fourth-order valence-electron chi connectivity index (χ4n) is 2.44. The Morgan fingerprint density at radius 1 is 1.67 bits per heavy atom. The summed E-state index contributed by atoms with van der Waals surface area (Å²) in [4.78, 5) is 0. The Hall–Kier alpha value is -0.0800. The lowest BCUT2D eigenvalue weighted by Crippen LogP contribution is -2.39. The van der Waals surface area contributed by atoms with Crippen LogP contribution in [0.3, 0.4) is 0 Å². The van der Waals surface area contributed by atoms with E-state index in [2.05, 4.69) is 13.8 Å². The Morgan fingerprint density at radius 2 is 2.33 bits per heavy atom. The van der Waals surface area contributed by atoms with Crippen molar-refractivity contribution in [3.8, 4) is 0 Å². The first-order valence-electron chi connectivity index (χ1n) is 5.05. The molecule has 1 aliphatic rings. The van der Waals surface area contributed by atoms with Gasteiger partial charge in [-0.05, 0) is 44.1 Å². The van der Waals surface area contributed by atoms with Crippen LogP contribution in [0.4, 0.5) is 0 Å². The zero-order valence-electron chi connectivity index (χ0n) is 8.21. The normalized spacial score (nSPS) is 38.5. The van der Waals surface area contributed by atoms with Crippen molar-refractivity contribution in [1.29, 1.82) is 0 Å². The Morgan fingerprint density at radius 3 is 2.67 bits per heavy atom. The Bertz CT molecular complexity index is 145. The van der Waals surface area contributed by atoms with Crippen molar-refractivity contribution in [2.45, 2.75) is 45.1 Å². The van der Waals surface area contributed by atoms with Crippen molar-refractivity contribution in [1.82, 2.24) is 0 Å². The largest absolute Gasteiger partial charge is 0.390 e. The van der Waals surface area contributed by atoms with Crippen molar-refractivity contribution in [3.05, 3.63) is 0 Å². The van der Waals surface area contributed by atoms with E-state index in [-0.39, 0.29) is 0 Å². The first-order chi connectivity index (χ1) is 5.62. The second-order valence-electron chi connectivity index (χ2n) is 4.29. The highest BCUT2D eigenvalue weighted by molar-refractivity contribution is 4.93.